The molecule has 1 fully saturated rings. The van der Waals surface area contributed by atoms with E-state index in [1.165, 1.54) is 0 Å². The van der Waals surface area contributed by atoms with E-state index in [0.29, 0.717) is 0 Å². The van der Waals surface area contributed by atoms with Gasteiger partial charge in [0, 0.05) is 31.6 Å². The monoisotopic (exact) mass is 329 g/mol. The zero-order chi connectivity index (χ0) is 17.7. The predicted molar refractivity (Wildman–Crippen MR) is 74.8 cm³/mol. The highest BCUT2D eigenvalue weighted by molar-refractivity contribution is 5.68. The van der Waals surface area contributed by atoms with Gasteiger partial charge in [0.25, 0.3) is 0 Å². The van der Waals surface area contributed by atoms with Crippen molar-refractivity contribution in [2.24, 2.45) is 11.0 Å². The molecule has 0 bridgehead atoms. The molecule has 0 aromatic rings. The van der Waals surface area contributed by atoms with Crippen LogP contribution in [0.15, 0.2) is 5.11 Å². The third-order valence-corrected chi connectivity index (χ3v) is 3.48. The molecule has 10 nitrogen and oxygen atoms in total. The highest BCUT2D eigenvalue weighted by Crippen LogP contribution is 2.34. The molecule has 0 aromatic heterocycles. The smallest absolute Gasteiger partial charge is 0.303 e. The lowest BCUT2D eigenvalue weighted by Gasteiger charge is -2.45. The summed E-state index contributed by atoms with van der Waals surface area (Å²) in [5.74, 6) is -2.80. The Balaban J connectivity index is 3.29. The van der Waals surface area contributed by atoms with Gasteiger partial charge >= 0.3 is 17.9 Å². The number of aliphatic hydroxyl groups excluding tert-OH is 1. The van der Waals surface area contributed by atoms with Gasteiger partial charge in [0.05, 0.1) is 0 Å². The molecule has 10 heteroatoms. The predicted octanol–water partition coefficient (Wildman–Crippen LogP) is 0.471. The number of hydrogen-bond acceptors (Lipinski definition) is 8. The lowest BCUT2D eigenvalue weighted by molar-refractivity contribution is -0.207. The summed E-state index contributed by atoms with van der Waals surface area (Å²) in [6.07, 6.45) is -4.83. The minimum absolute atomic E-state index is 0.653. The van der Waals surface area contributed by atoms with Crippen molar-refractivity contribution >= 4 is 17.9 Å². The molecule has 0 saturated heterocycles. The first-order chi connectivity index (χ1) is 10.7. The lowest BCUT2D eigenvalue weighted by Crippen LogP contribution is -2.62. The van der Waals surface area contributed by atoms with E-state index in [-0.39, 0.29) is 0 Å². The molecule has 0 radical (unpaired) electrons. The van der Waals surface area contributed by atoms with Crippen LogP contribution in [0.25, 0.3) is 10.4 Å². The van der Waals surface area contributed by atoms with Crippen LogP contribution in [-0.4, -0.2) is 53.5 Å². The first-order valence-electron chi connectivity index (χ1n) is 6.93. The van der Waals surface area contributed by atoms with Crippen molar-refractivity contribution in [2.45, 2.75) is 58.2 Å². The van der Waals surface area contributed by atoms with Gasteiger partial charge in [0.15, 0.2) is 12.2 Å². The van der Waals surface area contributed by atoms with Gasteiger partial charge in [-0.15, -0.1) is 0 Å². The van der Waals surface area contributed by atoms with Gasteiger partial charge in [0.1, 0.15) is 18.2 Å². The van der Waals surface area contributed by atoms with Gasteiger partial charge in [-0.05, 0) is 5.53 Å². The van der Waals surface area contributed by atoms with Crippen LogP contribution >= 0.6 is 0 Å². The summed E-state index contributed by atoms with van der Waals surface area (Å²) < 4.78 is 15.2. The van der Waals surface area contributed by atoms with Crippen molar-refractivity contribution in [3.63, 3.8) is 0 Å². The van der Waals surface area contributed by atoms with Crippen LogP contribution in [0.4, 0.5) is 0 Å². The topological polar surface area (TPSA) is 148 Å². The summed E-state index contributed by atoms with van der Waals surface area (Å²) in [4.78, 5) is 36.5. The lowest BCUT2D eigenvalue weighted by atomic mass is 9.78. The summed E-state index contributed by atoms with van der Waals surface area (Å²) in [6.45, 7) is 4.94. The number of hydrogen-bond donors (Lipinski definition) is 1. The van der Waals surface area contributed by atoms with E-state index >= 15 is 0 Å². The highest BCUT2D eigenvalue weighted by atomic mass is 16.6. The standard InChI is InChI=1S/C13H19N3O7/c1-5-10(20)13(23-8(4)19)12(22-7(3)18)9(15-16-14)11(5)21-6(2)17/h5,9-13,20H,1-4H3/t5-,9?,10-,11+,12+,13+/m1/s1. The Bertz CT molecular complexity index is 532. The molecule has 0 spiro atoms. The van der Waals surface area contributed by atoms with Crippen LogP contribution in [-0.2, 0) is 28.6 Å². The fraction of sp³-hybridized carbons (Fsp3) is 0.769. The number of carbonyl (C=O) groups excluding carboxylic acids is 3. The number of rotatable bonds is 4. The van der Waals surface area contributed by atoms with Crippen molar-refractivity contribution in [1.82, 2.24) is 0 Å². The highest BCUT2D eigenvalue weighted by Gasteiger charge is 2.53. The van der Waals surface area contributed by atoms with Crippen LogP contribution in [0.2, 0.25) is 0 Å². The molecule has 1 aliphatic carbocycles. The van der Waals surface area contributed by atoms with Crippen molar-refractivity contribution in [2.75, 3.05) is 0 Å². The first kappa shape index (κ1) is 18.7. The van der Waals surface area contributed by atoms with Gasteiger partial charge in [-0.3, -0.25) is 14.4 Å². The normalized spacial score (nSPS) is 33.1. The maximum absolute atomic E-state index is 11.3. The zero-order valence-corrected chi connectivity index (χ0v) is 13.2. The number of aliphatic hydroxyl groups is 1. The van der Waals surface area contributed by atoms with Gasteiger partial charge in [-0.25, -0.2) is 0 Å². The maximum Gasteiger partial charge on any atom is 0.303 e. The molecule has 6 atom stereocenters. The quantitative estimate of drug-likeness (QED) is 0.259. The number of azide groups is 1. The second-order valence-corrected chi connectivity index (χ2v) is 5.27. The van der Waals surface area contributed by atoms with Crippen molar-refractivity contribution in [3.8, 4) is 0 Å². The van der Waals surface area contributed by atoms with Crippen LogP contribution < -0.4 is 0 Å². The van der Waals surface area contributed by atoms with E-state index < -0.39 is 54.3 Å². The van der Waals surface area contributed by atoms with E-state index in [0.717, 1.165) is 20.8 Å². The maximum atomic E-state index is 11.3. The average molecular weight is 329 g/mol. The summed E-state index contributed by atoms with van der Waals surface area (Å²) in [5.41, 5.74) is 8.75. The van der Waals surface area contributed by atoms with Crippen LogP contribution in [0.5, 0.6) is 0 Å². The van der Waals surface area contributed by atoms with Crippen LogP contribution in [0.1, 0.15) is 27.7 Å². The molecule has 0 aliphatic heterocycles. The summed E-state index contributed by atoms with van der Waals surface area (Å²) in [5, 5.41) is 13.9. The minimum Gasteiger partial charge on any atom is -0.462 e. The third kappa shape index (κ3) is 4.57. The summed E-state index contributed by atoms with van der Waals surface area (Å²) in [6, 6.07) is -1.14. The largest absolute Gasteiger partial charge is 0.462 e. The van der Waals surface area contributed by atoms with Gasteiger partial charge in [-0.2, -0.15) is 0 Å². The number of ether oxygens (including phenoxy) is 3. The van der Waals surface area contributed by atoms with Crippen LogP contribution in [0.3, 0.4) is 0 Å². The summed E-state index contributed by atoms with van der Waals surface area (Å²) in [7, 11) is 0. The molecule has 1 unspecified atom stereocenters. The molecular weight excluding hydrogens is 310 g/mol. The van der Waals surface area contributed by atoms with Crippen molar-refractivity contribution < 1.29 is 33.7 Å². The van der Waals surface area contributed by atoms with Gasteiger partial charge < -0.3 is 19.3 Å². The van der Waals surface area contributed by atoms with Crippen molar-refractivity contribution in [1.29, 1.82) is 0 Å². The second-order valence-electron chi connectivity index (χ2n) is 5.27. The molecule has 1 saturated carbocycles. The number of esters is 3. The third-order valence-electron chi connectivity index (χ3n) is 3.48. The van der Waals surface area contributed by atoms with E-state index in [1.54, 1.807) is 6.92 Å². The van der Waals surface area contributed by atoms with E-state index in [1.807, 2.05) is 0 Å². The first-order valence-corrected chi connectivity index (χ1v) is 6.93. The molecule has 0 heterocycles. The molecule has 23 heavy (non-hydrogen) atoms. The molecular formula is C13H19N3O7. The van der Waals surface area contributed by atoms with E-state index in [2.05, 4.69) is 10.0 Å². The Morgan fingerprint density at radius 3 is 1.83 bits per heavy atom. The zero-order valence-electron chi connectivity index (χ0n) is 13.2. The fourth-order valence-electron chi connectivity index (χ4n) is 2.60. The van der Waals surface area contributed by atoms with E-state index in [4.69, 9.17) is 19.7 Å². The summed E-state index contributed by atoms with van der Waals surface area (Å²) >= 11 is 0. The molecule has 0 aromatic carbocycles. The number of carbonyl (C=O) groups is 3. The fourth-order valence-corrected chi connectivity index (χ4v) is 2.60. The van der Waals surface area contributed by atoms with E-state index in [9.17, 15) is 19.5 Å². The molecule has 1 rings (SSSR count). The molecule has 1 N–H and O–H groups in total. The Hall–Kier alpha value is -2.32. The second kappa shape index (κ2) is 7.80. The van der Waals surface area contributed by atoms with Gasteiger partial charge in [-0.1, -0.05) is 12.0 Å². The SMILES string of the molecule is CC(=O)O[C@H]1[C@H](O)[C@@H](C)[C@H](OC(C)=O)C(N=[N+]=[N-])[C@@H]1OC(C)=O. The Morgan fingerprint density at radius 1 is 0.957 bits per heavy atom. The van der Waals surface area contributed by atoms with Crippen LogP contribution in [0, 0.1) is 5.92 Å². The minimum atomic E-state index is -1.28. The average Bonchev–Trinajstić information content (AvgIpc) is 2.43. The Morgan fingerprint density at radius 2 is 1.39 bits per heavy atom. The molecule has 0 amide bonds. The Kier molecular flexibility index (Phi) is 6.35. The molecule has 128 valence electrons. The van der Waals surface area contributed by atoms with Crippen molar-refractivity contribution in [3.05, 3.63) is 10.4 Å². The number of nitrogens with zero attached hydrogens (tertiary/aromatic N) is 3. The Labute approximate surface area is 132 Å². The molecule has 1 aliphatic rings. The van der Waals surface area contributed by atoms with Gasteiger partial charge in [0.2, 0.25) is 0 Å².